The average molecular weight is 289 g/mol. The maximum atomic E-state index is 12.8. The molecule has 2 nitrogen and oxygen atoms in total. The summed E-state index contributed by atoms with van der Waals surface area (Å²) in [6, 6.07) is 5.44. The molecule has 20 heavy (non-hydrogen) atoms. The summed E-state index contributed by atoms with van der Waals surface area (Å²) < 4.78 is 43.4. The number of nitrogens with one attached hydrogen (secondary N) is 1. The summed E-state index contributed by atoms with van der Waals surface area (Å²) in [6.45, 7) is 5.28. The first-order chi connectivity index (χ1) is 9.38. The second-order valence-corrected chi connectivity index (χ2v) is 5.03. The van der Waals surface area contributed by atoms with Crippen LogP contribution in [0, 0.1) is 5.92 Å². The zero-order valence-corrected chi connectivity index (χ0v) is 12.1. The molecule has 0 radical (unpaired) electrons. The molecule has 0 bridgehead atoms. The highest BCUT2D eigenvalue weighted by Crippen LogP contribution is 2.32. The number of halogens is 3. The van der Waals surface area contributed by atoms with Gasteiger partial charge in [0.2, 0.25) is 0 Å². The quantitative estimate of drug-likeness (QED) is 0.818. The van der Waals surface area contributed by atoms with E-state index in [9.17, 15) is 13.2 Å². The molecule has 2 atom stereocenters. The van der Waals surface area contributed by atoms with E-state index >= 15 is 0 Å². The van der Waals surface area contributed by atoms with Gasteiger partial charge < -0.3 is 10.1 Å². The van der Waals surface area contributed by atoms with Crippen LogP contribution in [0.1, 0.15) is 37.4 Å². The molecule has 1 aromatic carbocycles. The molecule has 0 aromatic heterocycles. The van der Waals surface area contributed by atoms with Gasteiger partial charge in [-0.2, -0.15) is 13.2 Å². The Bertz CT molecular complexity index is 406. The zero-order chi connectivity index (χ0) is 15.2. The summed E-state index contributed by atoms with van der Waals surface area (Å²) in [6.07, 6.45) is -3.56. The van der Waals surface area contributed by atoms with Crippen LogP contribution in [-0.4, -0.2) is 20.3 Å². The molecule has 0 amide bonds. The van der Waals surface area contributed by atoms with Crippen molar-refractivity contribution in [3.63, 3.8) is 0 Å². The van der Waals surface area contributed by atoms with Gasteiger partial charge in [0.05, 0.1) is 5.56 Å². The minimum absolute atomic E-state index is 0.0903. The minimum atomic E-state index is -4.30. The van der Waals surface area contributed by atoms with Crippen LogP contribution in [0.4, 0.5) is 13.2 Å². The van der Waals surface area contributed by atoms with E-state index in [1.54, 1.807) is 13.2 Å². The van der Waals surface area contributed by atoms with Gasteiger partial charge in [0.25, 0.3) is 0 Å². The van der Waals surface area contributed by atoms with Crippen molar-refractivity contribution in [3.05, 3.63) is 35.4 Å². The van der Waals surface area contributed by atoms with Gasteiger partial charge in [-0.25, -0.2) is 0 Å². The first-order valence-electron chi connectivity index (χ1n) is 6.78. The van der Waals surface area contributed by atoms with Crippen LogP contribution in [0.25, 0.3) is 0 Å². The molecule has 0 spiro atoms. The number of hydrogen-bond donors (Lipinski definition) is 1. The molecule has 0 heterocycles. The summed E-state index contributed by atoms with van der Waals surface area (Å²) in [5.74, 6) is 0.276. The fraction of sp³-hybridized carbons (Fsp3) is 0.600. The number of ether oxygens (including phenoxy) is 1. The highest BCUT2D eigenvalue weighted by Gasteiger charge is 2.31. The van der Waals surface area contributed by atoms with Crippen LogP contribution >= 0.6 is 0 Å². The van der Waals surface area contributed by atoms with Crippen molar-refractivity contribution in [1.82, 2.24) is 5.32 Å². The highest BCUT2D eigenvalue weighted by molar-refractivity contribution is 5.28. The Morgan fingerprint density at radius 2 is 2.00 bits per heavy atom. The summed E-state index contributed by atoms with van der Waals surface area (Å²) in [5.41, 5.74) is 0.0712. The molecule has 0 saturated heterocycles. The molecular weight excluding hydrogens is 267 g/mol. The number of benzene rings is 1. The van der Waals surface area contributed by atoms with E-state index < -0.39 is 11.7 Å². The molecule has 1 rings (SSSR count). The smallest absolute Gasteiger partial charge is 0.384 e. The predicted octanol–water partition coefficient (Wildman–Crippen LogP) is 4.03. The largest absolute Gasteiger partial charge is 0.416 e. The molecule has 0 saturated carbocycles. The minimum Gasteiger partial charge on any atom is -0.384 e. The Hall–Kier alpha value is -1.07. The summed E-state index contributed by atoms with van der Waals surface area (Å²) >= 11 is 0. The monoisotopic (exact) mass is 289 g/mol. The maximum absolute atomic E-state index is 12.8. The van der Waals surface area contributed by atoms with E-state index in [0.29, 0.717) is 18.7 Å². The average Bonchev–Trinajstić information content (AvgIpc) is 2.38. The van der Waals surface area contributed by atoms with E-state index in [1.807, 2.05) is 13.8 Å². The SMILES string of the molecule is CCNC(CC(C)COC)c1cccc(C(F)(F)F)c1. The Morgan fingerprint density at radius 3 is 2.55 bits per heavy atom. The Kier molecular flexibility index (Phi) is 6.49. The van der Waals surface area contributed by atoms with Gasteiger partial charge in [0.1, 0.15) is 0 Å². The maximum Gasteiger partial charge on any atom is 0.416 e. The summed E-state index contributed by atoms with van der Waals surface area (Å²) in [5, 5.41) is 3.24. The Morgan fingerprint density at radius 1 is 1.30 bits per heavy atom. The summed E-state index contributed by atoms with van der Waals surface area (Å²) in [7, 11) is 1.63. The second kappa shape index (κ2) is 7.64. The van der Waals surface area contributed by atoms with E-state index in [-0.39, 0.29) is 12.0 Å². The van der Waals surface area contributed by atoms with Gasteiger partial charge in [0.15, 0.2) is 0 Å². The van der Waals surface area contributed by atoms with Crippen LogP contribution in [0.15, 0.2) is 24.3 Å². The van der Waals surface area contributed by atoms with Gasteiger partial charge in [-0.05, 0) is 36.6 Å². The van der Waals surface area contributed by atoms with Crippen LogP contribution in [0.5, 0.6) is 0 Å². The van der Waals surface area contributed by atoms with Crippen molar-refractivity contribution in [1.29, 1.82) is 0 Å². The molecule has 1 N–H and O–H groups in total. The van der Waals surface area contributed by atoms with Crippen molar-refractivity contribution < 1.29 is 17.9 Å². The van der Waals surface area contributed by atoms with Crippen molar-refractivity contribution in [2.24, 2.45) is 5.92 Å². The molecular formula is C15H22F3NO. The predicted molar refractivity (Wildman–Crippen MR) is 73.5 cm³/mol. The van der Waals surface area contributed by atoms with Crippen molar-refractivity contribution in [3.8, 4) is 0 Å². The van der Waals surface area contributed by atoms with Crippen molar-refractivity contribution >= 4 is 0 Å². The lowest BCUT2D eigenvalue weighted by atomic mass is 9.95. The number of rotatable bonds is 7. The normalized spacial score (nSPS) is 15.1. The van der Waals surface area contributed by atoms with Gasteiger partial charge in [-0.15, -0.1) is 0 Å². The molecule has 5 heteroatoms. The standard InChI is InChI=1S/C15H22F3NO/c1-4-19-14(8-11(2)10-20-3)12-6-5-7-13(9-12)15(16,17)18/h5-7,9,11,14,19H,4,8,10H2,1-3H3. The van der Waals surface area contributed by atoms with Crippen LogP contribution in [-0.2, 0) is 10.9 Å². The van der Waals surface area contributed by atoms with Crippen LogP contribution < -0.4 is 5.32 Å². The third-order valence-electron chi connectivity index (χ3n) is 3.16. The molecule has 114 valence electrons. The molecule has 1 aromatic rings. The Labute approximate surface area is 118 Å². The fourth-order valence-electron chi connectivity index (χ4n) is 2.27. The number of hydrogen-bond acceptors (Lipinski definition) is 2. The van der Waals surface area contributed by atoms with Gasteiger partial charge in [0, 0.05) is 19.8 Å². The van der Waals surface area contributed by atoms with E-state index in [2.05, 4.69) is 5.32 Å². The van der Waals surface area contributed by atoms with E-state index in [0.717, 1.165) is 12.5 Å². The van der Waals surface area contributed by atoms with E-state index in [4.69, 9.17) is 4.74 Å². The molecule has 0 aliphatic heterocycles. The Balaban J connectivity index is 2.91. The van der Waals surface area contributed by atoms with E-state index in [1.165, 1.54) is 12.1 Å². The van der Waals surface area contributed by atoms with Crippen LogP contribution in [0.3, 0.4) is 0 Å². The third-order valence-corrected chi connectivity index (χ3v) is 3.16. The van der Waals surface area contributed by atoms with Gasteiger partial charge in [-0.1, -0.05) is 26.0 Å². The first-order valence-corrected chi connectivity index (χ1v) is 6.78. The molecule has 0 aliphatic rings. The van der Waals surface area contributed by atoms with Crippen molar-refractivity contribution in [2.75, 3.05) is 20.3 Å². The summed E-state index contributed by atoms with van der Waals surface area (Å²) in [4.78, 5) is 0. The highest BCUT2D eigenvalue weighted by atomic mass is 19.4. The first kappa shape index (κ1) is 17.0. The topological polar surface area (TPSA) is 21.3 Å². The zero-order valence-electron chi connectivity index (χ0n) is 12.1. The lowest BCUT2D eigenvalue weighted by Crippen LogP contribution is -2.24. The molecule has 0 fully saturated rings. The number of alkyl halides is 3. The second-order valence-electron chi connectivity index (χ2n) is 5.03. The third kappa shape index (κ3) is 5.13. The van der Waals surface area contributed by atoms with Crippen molar-refractivity contribution in [2.45, 2.75) is 32.5 Å². The lowest BCUT2D eigenvalue weighted by molar-refractivity contribution is -0.137. The lowest BCUT2D eigenvalue weighted by Gasteiger charge is -2.22. The molecule has 2 unspecified atom stereocenters. The fourth-order valence-corrected chi connectivity index (χ4v) is 2.27. The number of methoxy groups -OCH3 is 1. The van der Waals surface area contributed by atoms with Crippen LogP contribution in [0.2, 0.25) is 0 Å². The molecule has 0 aliphatic carbocycles. The van der Waals surface area contributed by atoms with Gasteiger partial charge >= 0.3 is 6.18 Å². The van der Waals surface area contributed by atoms with Gasteiger partial charge in [-0.3, -0.25) is 0 Å².